The normalized spacial score (nSPS) is 10.2. The van der Waals surface area contributed by atoms with Crippen LogP contribution in [0.15, 0.2) is 41.1 Å². The molecule has 5 nitrogen and oxygen atoms in total. The highest BCUT2D eigenvalue weighted by atomic mass is 79.9. The molecular weight excluding hydrogens is 320 g/mol. The zero-order chi connectivity index (χ0) is 14.5. The number of aromatic nitrogens is 2. The number of pyridine rings is 2. The fourth-order valence-corrected chi connectivity index (χ4v) is 2.14. The van der Waals surface area contributed by atoms with Crippen LogP contribution in [0.4, 0.5) is 5.82 Å². The minimum absolute atomic E-state index is 0.103. The summed E-state index contributed by atoms with van der Waals surface area (Å²) in [5.74, 6) is 0.458. The molecular formula is C14H15BrN4O. The van der Waals surface area contributed by atoms with E-state index >= 15 is 0 Å². The number of halogens is 1. The van der Waals surface area contributed by atoms with Gasteiger partial charge in [-0.25, -0.2) is 4.98 Å². The van der Waals surface area contributed by atoms with E-state index in [1.54, 1.807) is 37.5 Å². The summed E-state index contributed by atoms with van der Waals surface area (Å²) >= 11 is 3.34. The molecule has 0 saturated carbocycles. The standard InChI is InChI=1S/C14H15BrN4O/c1-16-13-12(7-10(15)8-18-13)14(20)19(2)9-11-5-3-4-6-17-11/h3-8H,9H2,1-2H3,(H,16,18). The van der Waals surface area contributed by atoms with Crippen molar-refractivity contribution in [3.63, 3.8) is 0 Å². The number of carbonyl (C=O) groups excluding carboxylic acids is 1. The third-order valence-electron chi connectivity index (χ3n) is 2.79. The number of hydrogen-bond donors (Lipinski definition) is 1. The van der Waals surface area contributed by atoms with Crippen LogP contribution in [0.25, 0.3) is 0 Å². The molecule has 1 amide bonds. The van der Waals surface area contributed by atoms with E-state index in [1.807, 2.05) is 18.2 Å². The number of anilines is 1. The number of amides is 1. The van der Waals surface area contributed by atoms with Gasteiger partial charge in [-0.15, -0.1) is 0 Å². The van der Waals surface area contributed by atoms with Gasteiger partial charge in [0, 0.05) is 31.0 Å². The maximum absolute atomic E-state index is 12.5. The van der Waals surface area contributed by atoms with Crippen molar-refractivity contribution in [3.8, 4) is 0 Å². The first kappa shape index (κ1) is 14.5. The van der Waals surface area contributed by atoms with Crippen LogP contribution in [0.5, 0.6) is 0 Å². The summed E-state index contributed by atoms with van der Waals surface area (Å²) in [4.78, 5) is 22.5. The second-order valence-electron chi connectivity index (χ2n) is 4.28. The highest BCUT2D eigenvalue weighted by molar-refractivity contribution is 9.10. The number of nitrogens with zero attached hydrogens (tertiary/aromatic N) is 3. The fraction of sp³-hybridized carbons (Fsp3) is 0.214. The van der Waals surface area contributed by atoms with Gasteiger partial charge in [-0.2, -0.15) is 0 Å². The number of carbonyl (C=O) groups is 1. The highest BCUT2D eigenvalue weighted by Gasteiger charge is 2.17. The van der Waals surface area contributed by atoms with Gasteiger partial charge in [0.2, 0.25) is 0 Å². The lowest BCUT2D eigenvalue weighted by atomic mass is 10.2. The van der Waals surface area contributed by atoms with Gasteiger partial charge >= 0.3 is 0 Å². The third kappa shape index (κ3) is 3.33. The average Bonchev–Trinajstić information content (AvgIpc) is 2.47. The topological polar surface area (TPSA) is 58.1 Å². The molecule has 2 aromatic rings. The number of nitrogens with one attached hydrogen (secondary N) is 1. The van der Waals surface area contributed by atoms with Crippen LogP contribution in [-0.2, 0) is 6.54 Å². The lowest BCUT2D eigenvalue weighted by molar-refractivity contribution is 0.0784. The smallest absolute Gasteiger partial charge is 0.257 e. The van der Waals surface area contributed by atoms with Gasteiger partial charge in [-0.3, -0.25) is 9.78 Å². The van der Waals surface area contributed by atoms with Gasteiger partial charge < -0.3 is 10.2 Å². The van der Waals surface area contributed by atoms with Crippen molar-refractivity contribution < 1.29 is 4.79 Å². The van der Waals surface area contributed by atoms with Gasteiger partial charge in [0.1, 0.15) is 5.82 Å². The van der Waals surface area contributed by atoms with E-state index in [0.717, 1.165) is 10.2 Å². The third-order valence-corrected chi connectivity index (χ3v) is 3.23. The van der Waals surface area contributed by atoms with Crippen molar-refractivity contribution in [1.82, 2.24) is 14.9 Å². The Morgan fingerprint density at radius 3 is 2.85 bits per heavy atom. The summed E-state index contributed by atoms with van der Waals surface area (Å²) in [6.45, 7) is 0.454. The lowest BCUT2D eigenvalue weighted by Gasteiger charge is -2.18. The summed E-state index contributed by atoms with van der Waals surface area (Å²) < 4.78 is 0.770. The molecule has 0 aromatic carbocycles. The molecule has 2 rings (SSSR count). The van der Waals surface area contributed by atoms with Crippen LogP contribution in [0, 0.1) is 0 Å². The van der Waals surface area contributed by atoms with Gasteiger partial charge in [0.25, 0.3) is 5.91 Å². The van der Waals surface area contributed by atoms with Crippen molar-refractivity contribution in [2.24, 2.45) is 0 Å². The van der Waals surface area contributed by atoms with E-state index in [-0.39, 0.29) is 5.91 Å². The molecule has 0 aliphatic carbocycles. The van der Waals surface area contributed by atoms with E-state index < -0.39 is 0 Å². The van der Waals surface area contributed by atoms with Gasteiger partial charge in [0.15, 0.2) is 0 Å². The quantitative estimate of drug-likeness (QED) is 0.933. The van der Waals surface area contributed by atoms with Crippen LogP contribution in [0.3, 0.4) is 0 Å². The molecule has 0 aliphatic heterocycles. The Kier molecular flexibility index (Phi) is 4.68. The van der Waals surface area contributed by atoms with Crippen molar-refractivity contribution in [1.29, 1.82) is 0 Å². The molecule has 0 atom stereocenters. The van der Waals surface area contributed by atoms with Crippen LogP contribution in [0.2, 0.25) is 0 Å². The zero-order valence-electron chi connectivity index (χ0n) is 11.3. The highest BCUT2D eigenvalue weighted by Crippen LogP contribution is 2.19. The molecule has 104 valence electrons. The largest absolute Gasteiger partial charge is 0.372 e. The van der Waals surface area contributed by atoms with Crippen LogP contribution in [0.1, 0.15) is 16.1 Å². The fourth-order valence-electron chi connectivity index (χ4n) is 1.81. The summed E-state index contributed by atoms with van der Waals surface area (Å²) in [5, 5.41) is 2.93. The SMILES string of the molecule is CNc1ncc(Br)cc1C(=O)N(C)Cc1ccccn1. The molecule has 2 aromatic heterocycles. The molecule has 0 saturated heterocycles. The van der Waals surface area contributed by atoms with Crippen molar-refractivity contribution in [3.05, 3.63) is 52.4 Å². The van der Waals surface area contributed by atoms with Crippen molar-refractivity contribution in [2.75, 3.05) is 19.4 Å². The first-order chi connectivity index (χ1) is 9.61. The predicted octanol–water partition coefficient (Wildman–Crippen LogP) is 2.55. The monoisotopic (exact) mass is 334 g/mol. The predicted molar refractivity (Wildman–Crippen MR) is 81.5 cm³/mol. The second-order valence-corrected chi connectivity index (χ2v) is 5.20. The Morgan fingerprint density at radius 1 is 1.40 bits per heavy atom. The van der Waals surface area contributed by atoms with Crippen molar-refractivity contribution >= 4 is 27.7 Å². The number of hydrogen-bond acceptors (Lipinski definition) is 4. The molecule has 20 heavy (non-hydrogen) atoms. The maximum atomic E-state index is 12.5. The van der Waals surface area contributed by atoms with Gasteiger partial charge in [-0.05, 0) is 34.1 Å². The minimum atomic E-state index is -0.103. The Balaban J connectivity index is 2.20. The lowest BCUT2D eigenvalue weighted by Crippen LogP contribution is -2.27. The van der Waals surface area contributed by atoms with E-state index in [2.05, 4.69) is 31.2 Å². The molecule has 0 unspecified atom stereocenters. The molecule has 2 heterocycles. The summed E-state index contributed by atoms with van der Waals surface area (Å²) in [5.41, 5.74) is 1.37. The zero-order valence-corrected chi connectivity index (χ0v) is 12.9. The first-order valence-electron chi connectivity index (χ1n) is 6.10. The Morgan fingerprint density at radius 2 is 2.20 bits per heavy atom. The van der Waals surface area contributed by atoms with Gasteiger partial charge in [-0.1, -0.05) is 6.07 Å². The van der Waals surface area contributed by atoms with E-state index in [1.165, 1.54) is 0 Å². The Hall–Kier alpha value is -1.95. The molecule has 6 heteroatoms. The van der Waals surface area contributed by atoms with Gasteiger partial charge in [0.05, 0.1) is 17.8 Å². The molecule has 0 aliphatic rings. The molecule has 0 bridgehead atoms. The number of rotatable bonds is 4. The second kappa shape index (κ2) is 6.47. The van der Waals surface area contributed by atoms with Crippen LogP contribution < -0.4 is 5.32 Å². The summed E-state index contributed by atoms with van der Waals surface area (Å²) in [7, 11) is 3.49. The molecule has 1 N–H and O–H groups in total. The van der Waals surface area contributed by atoms with Crippen LogP contribution in [-0.4, -0.2) is 34.9 Å². The van der Waals surface area contributed by atoms with E-state index in [9.17, 15) is 4.79 Å². The van der Waals surface area contributed by atoms with E-state index in [0.29, 0.717) is 17.9 Å². The average molecular weight is 335 g/mol. The Labute approximate surface area is 126 Å². The maximum Gasteiger partial charge on any atom is 0.257 e. The summed E-state index contributed by atoms with van der Waals surface area (Å²) in [6.07, 6.45) is 3.37. The van der Waals surface area contributed by atoms with E-state index in [4.69, 9.17) is 0 Å². The molecule has 0 radical (unpaired) electrons. The van der Waals surface area contributed by atoms with Crippen molar-refractivity contribution in [2.45, 2.75) is 6.54 Å². The first-order valence-corrected chi connectivity index (χ1v) is 6.90. The minimum Gasteiger partial charge on any atom is -0.372 e. The molecule has 0 fully saturated rings. The summed E-state index contributed by atoms with van der Waals surface area (Å²) in [6, 6.07) is 7.40. The van der Waals surface area contributed by atoms with Crippen LogP contribution >= 0.6 is 15.9 Å². The Bertz CT molecular complexity index is 603. The molecule has 0 spiro atoms.